The van der Waals surface area contributed by atoms with E-state index >= 15 is 0 Å². The van der Waals surface area contributed by atoms with Gasteiger partial charge in [0.2, 0.25) is 5.89 Å². The minimum atomic E-state index is -1.05. The normalized spacial score (nSPS) is 18.4. The van der Waals surface area contributed by atoms with Gasteiger partial charge < -0.3 is 15.3 Å². The summed E-state index contributed by atoms with van der Waals surface area (Å²) < 4.78 is 5.12. The maximum Gasteiger partial charge on any atom is 0.357 e. The molecule has 1 aromatic rings. The van der Waals surface area contributed by atoms with Crippen LogP contribution in [-0.4, -0.2) is 40.6 Å². The molecule has 0 bridgehead atoms. The summed E-state index contributed by atoms with van der Waals surface area (Å²) in [7, 11) is 0. The molecule has 1 saturated heterocycles. The van der Waals surface area contributed by atoms with E-state index in [1.54, 1.807) is 0 Å². The molecule has 0 aliphatic carbocycles. The van der Waals surface area contributed by atoms with Gasteiger partial charge in [-0.3, -0.25) is 4.90 Å². The van der Waals surface area contributed by atoms with Crippen molar-refractivity contribution in [3.8, 4) is 0 Å². The molecule has 2 rings (SSSR count). The first-order chi connectivity index (χ1) is 8.19. The molecule has 0 unspecified atom stereocenters. The minimum absolute atomic E-state index is 0.0307. The molecule has 2 heterocycles. The summed E-state index contributed by atoms with van der Waals surface area (Å²) in [6.07, 6.45) is 3.36. The van der Waals surface area contributed by atoms with Gasteiger partial charge >= 0.3 is 5.97 Å². The fraction of sp³-hybridized carbons (Fsp3) is 0.636. The molecule has 17 heavy (non-hydrogen) atoms. The lowest BCUT2D eigenvalue weighted by Crippen LogP contribution is -2.35. The largest absolute Gasteiger partial charge is 0.476 e. The third-order valence-electron chi connectivity index (χ3n) is 3.17. The van der Waals surface area contributed by atoms with E-state index in [0.717, 1.165) is 32.5 Å². The fourth-order valence-electron chi connectivity index (χ4n) is 2.05. The number of piperidine rings is 1. The smallest absolute Gasteiger partial charge is 0.357 e. The lowest BCUT2D eigenvalue weighted by atomic mass is 9.97. The molecule has 0 amide bonds. The van der Waals surface area contributed by atoms with Crippen LogP contribution in [0.15, 0.2) is 10.7 Å². The van der Waals surface area contributed by atoms with Crippen molar-refractivity contribution in [2.45, 2.75) is 19.4 Å². The molecule has 1 aliphatic heterocycles. The summed E-state index contributed by atoms with van der Waals surface area (Å²) >= 11 is 0. The number of aromatic carboxylic acids is 1. The van der Waals surface area contributed by atoms with Crippen LogP contribution in [0.5, 0.6) is 0 Å². The molecule has 3 N–H and O–H groups in total. The van der Waals surface area contributed by atoms with Crippen molar-refractivity contribution in [2.75, 3.05) is 19.6 Å². The summed E-state index contributed by atoms with van der Waals surface area (Å²) in [6.45, 7) is 3.25. The van der Waals surface area contributed by atoms with E-state index in [-0.39, 0.29) is 5.69 Å². The van der Waals surface area contributed by atoms with Crippen LogP contribution >= 0.6 is 0 Å². The molecule has 0 radical (unpaired) electrons. The maximum atomic E-state index is 10.6. The standard InChI is InChI=1S/C11H17N3O3/c12-5-8-1-3-14(4-2-8)6-10-13-9(7-17-10)11(15)16/h7-8H,1-6,12H2,(H,15,16). The van der Waals surface area contributed by atoms with Gasteiger partial charge in [-0.25, -0.2) is 9.78 Å². The molecule has 1 aliphatic rings. The Hall–Kier alpha value is -1.40. The zero-order valence-electron chi connectivity index (χ0n) is 9.63. The minimum Gasteiger partial charge on any atom is -0.476 e. The van der Waals surface area contributed by atoms with E-state index in [1.807, 2.05) is 0 Å². The van der Waals surface area contributed by atoms with Crippen LogP contribution in [0.2, 0.25) is 0 Å². The van der Waals surface area contributed by atoms with Gasteiger partial charge in [0.25, 0.3) is 0 Å². The summed E-state index contributed by atoms with van der Waals surface area (Å²) in [5.41, 5.74) is 5.59. The van der Waals surface area contributed by atoms with Crippen LogP contribution in [-0.2, 0) is 6.54 Å². The molecule has 0 saturated carbocycles. The van der Waals surface area contributed by atoms with Crippen molar-refractivity contribution in [1.29, 1.82) is 0 Å². The number of carboxylic acids is 1. The predicted octanol–water partition coefficient (Wildman–Crippen LogP) is 0.544. The van der Waals surface area contributed by atoms with E-state index < -0.39 is 5.97 Å². The van der Waals surface area contributed by atoms with Crippen molar-refractivity contribution in [2.24, 2.45) is 11.7 Å². The highest BCUT2D eigenvalue weighted by Gasteiger charge is 2.20. The number of nitrogens with zero attached hydrogens (tertiary/aromatic N) is 2. The van der Waals surface area contributed by atoms with Gasteiger partial charge in [-0.1, -0.05) is 0 Å². The number of rotatable bonds is 4. The van der Waals surface area contributed by atoms with Crippen molar-refractivity contribution in [3.05, 3.63) is 17.8 Å². The highest BCUT2D eigenvalue weighted by atomic mass is 16.4. The van der Waals surface area contributed by atoms with Crippen LogP contribution in [0, 0.1) is 5.92 Å². The van der Waals surface area contributed by atoms with Crippen molar-refractivity contribution < 1.29 is 14.3 Å². The molecule has 0 spiro atoms. The number of hydrogen-bond acceptors (Lipinski definition) is 5. The van der Waals surface area contributed by atoms with Gasteiger partial charge in [0.15, 0.2) is 5.69 Å². The highest BCUT2D eigenvalue weighted by molar-refractivity contribution is 5.84. The second-order valence-corrected chi connectivity index (χ2v) is 4.39. The molecule has 1 aromatic heterocycles. The Labute approximate surface area is 99.4 Å². The number of likely N-dealkylation sites (tertiary alicyclic amines) is 1. The first-order valence-electron chi connectivity index (χ1n) is 5.79. The van der Waals surface area contributed by atoms with Crippen molar-refractivity contribution in [3.63, 3.8) is 0 Å². The third-order valence-corrected chi connectivity index (χ3v) is 3.17. The summed E-state index contributed by atoms with van der Waals surface area (Å²) in [5.74, 6) is 0.0285. The number of oxazole rings is 1. The van der Waals surface area contributed by atoms with E-state index in [4.69, 9.17) is 15.3 Å². The molecule has 1 fully saturated rings. The van der Waals surface area contributed by atoms with Crippen LogP contribution in [0.1, 0.15) is 29.2 Å². The Bertz CT molecular complexity index is 383. The van der Waals surface area contributed by atoms with Gasteiger partial charge in [0, 0.05) is 0 Å². The quantitative estimate of drug-likeness (QED) is 0.796. The molecular weight excluding hydrogens is 222 g/mol. The van der Waals surface area contributed by atoms with Crippen LogP contribution < -0.4 is 5.73 Å². The zero-order chi connectivity index (χ0) is 12.3. The topological polar surface area (TPSA) is 92.6 Å². The van der Waals surface area contributed by atoms with Gasteiger partial charge in [0.1, 0.15) is 6.26 Å². The highest BCUT2D eigenvalue weighted by Crippen LogP contribution is 2.17. The second kappa shape index (κ2) is 5.29. The van der Waals surface area contributed by atoms with Crippen molar-refractivity contribution in [1.82, 2.24) is 9.88 Å². The molecule has 94 valence electrons. The molecule has 0 atom stereocenters. The summed E-state index contributed by atoms with van der Waals surface area (Å²) in [5, 5.41) is 8.72. The average molecular weight is 239 g/mol. The van der Waals surface area contributed by atoms with Gasteiger partial charge in [-0.15, -0.1) is 0 Å². The first kappa shape index (κ1) is 12.1. The Morgan fingerprint density at radius 2 is 2.29 bits per heavy atom. The lowest BCUT2D eigenvalue weighted by Gasteiger charge is -2.30. The van der Waals surface area contributed by atoms with E-state index in [9.17, 15) is 4.79 Å². The number of carboxylic acid groups (broad SMARTS) is 1. The lowest BCUT2D eigenvalue weighted by molar-refractivity contribution is 0.0690. The number of nitrogens with two attached hydrogens (primary N) is 1. The molecule has 6 heteroatoms. The monoisotopic (exact) mass is 239 g/mol. The Kier molecular flexibility index (Phi) is 3.75. The Balaban J connectivity index is 1.86. The van der Waals surface area contributed by atoms with E-state index in [2.05, 4.69) is 9.88 Å². The maximum absolute atomic E-state index is 10.6. The average Bonchev–Trinajstić information content (AvgIpc) is 2.79. The summed E-state index contributed by atoms with van der Waals surface area (Å²) in [6, 6.07) is 0. The second-order valence-electron chi connectivity index (χ2n) is 4.39. The van der Waals surface area contributed by atoms with Crippen LogP contribution in [0.3, 0.4) is 0 Å². The van der Waals surface area contributed by atoms with Crippen LogP contribution in [0.25, 0.3) is 0 Å². The number of hydrogen-bond donors (Lipinski definition) is 2. The molecule has 6 nitrogen and oxygen atoms in total. The SMILES string of the molecule is NCC1CCN(Cc2nc(C(=O)O)co2)CC1. The molecular formula is C11H17N3O3. The van der Waals surface area contributed by atoms with E-state index in [1.165, 1.54) is 6.26 Å². The Morgan fingerprint density at radius 1 is 1.59 bits per heavy atom. The predicted molar refractivity (Wildman–Crippen MR) is 60.5 cm³/mol. The number of aromatic nitrogens is 1. The van der Waals surface area contributed by atoms with E-state index in [0.29, 0.717) is 18.4 Å². The van der Waals surface area contributed by atoms with Crippen molar-refractivity contribution >= 4 is 5.97 Å². The number of carbonyl (C=O) groups is 1. The van der Waals surface area contributed by atoms with Gasteiger partial charge in [-0.05, 0) is 38.4 Å². The first-order valence-corrected chi connectivity index (χ1v) is 5.79. The van der Waals surface area contributed by atoms with Gasteiger partial charge in [0.05, 0.1) is 6.54 Å². The van der Waals surface area contributed by atoms with Gasteiger partial charge in [-0.2, -0.15) is 0 Å². The summed E-state index contributed by atoms with van der Waals surface area (Å²) in [4.78, 5) is 16.8. The van der Waals surface area contributed by atoms with Crippen LogP contribution in [0.4, 0.5) is 0 Å². The Morgan fingerprint density at radius 3 is 2.82 bits per heavy atom. The molecule has 0 aromatic carbocycles. The fourth-order valence-corrected chi connectivity index (χ4v) is 2.05. The zero-order valence-corrected chi connectivity index (χ0v) is 9.63. The third kappa shape index (κ3) is 3.04.